The van der Waals surface area contributed by atoms with E-state index in [1.165, 1.54) is 25.7 Å². The van der Waals surface area contributed by atoms with E-state index in [-0.39, 0.29) is 0 Å². The molecular formula is C12H25NO2. The van der Waals surface area contributed by atoms with Crippen LogP contribution in [-0.4, -0.2) is 32.5 Å². The van der Waals surface area contributed by atoms with Crippen molar-refractivity contribution in [3.05, 3.63) is 0 Å². The smallest absolute Gasteiger partial charge is 0.0704 e. The molecule has 1 aliphatic carbocycles. The minimum atomic E-state index is 0.393. The molecule has 2 N–H and O–H groups in total. The van der Waals surface area contributed by atoms with E-state index in [0.29, 0.717) is 12.0 Å². The Morgan fingerprint density at radius 1 is 1.20 bits per heavy atom. The summed E-state index contributed by atoms with van der Waals surface area (Å²) in [6.45, 7) is 5.26. The second-order valence-corrected chi connectivity index (χ2v) is 4.30. The molecule has 0 saturated heterocycles. The van der Waals surface area contributed by atoms with Crippen LogP contribution in [-0.2, 0) is 9.47 Å². The zero-order valence-electron chi connectivity index (χ0n) is 9.91. The minimum absolute atomic E-state index is 0.393. The maximum absolute atomic E-state index is 5.78. The molecule has 1 rings (SSSR count). The first-order valence-corrected chi connectivity index (χ1v) is 6.28. The minimum Gasteiger partial charge on any atom is -0.379 e. The van der Waals surface area contributed by atoms with Crippen molar-refractivity contribution in [2.24, 2.45) is 11.7 Å². The third kappa shape index (κ3) is 4.96. The van der Waals surface area contributed by atoms with Gasteiger partial charge in [-0.3, -0.25) is 0 Å². The maximum Gasteiger partial charge on any atom is 0.0704 e. The standard InChI is InChI=1S/C12H25NO2/c1-2-3-7-14-8-9-15-12-6-4-5-11(12)10-13/h11-12H,2-10,13H2,1H3. The van der Waals surface area contributed by atoms with Gasteiger partial charge in [0.2, 0.25) is 0 Å². The van der Waals surface area contributed by atoms with Crippen LogP contribution in [0.25, 0.3) is 0 Å². The van der Waals surface area contributed by atoms with Crippen LogP contribution < -0.4 is 5.73 Å². The van der Waals surface area contributed by atoms with E-state index >= 15 is 0 Å². The van der Waals surface area contributed by atoms with E-state index in [1.807, 2.05) is 0 Å². The van der Waals surface area contributed by atoms with Crippen molar-refractivity contribution in [2.75, 3.05) is 26.4 Å². The number of hydrogen-bond acceptors (Lipinski definition) is 3. The Bertz CT molecular complexity index is 153. The van der Waals surface area contributed by atoms with Gasteiger partial charge in [-0.15, -0.1) is 0 Å². The van der Waals surface area contributed by atoms with Crippen molar-refractivity contribution in [3.63, 3.8) is 0 Å². The third-order valence-electron chi connectivity index (χ3n) is 3.09. The van der Waals surface area contributed by atoms with Gasteiger partial charge in [0.15, 0.2) is 0 Å². The summed E-state index contributed by atoms with van der Waals surface area (Å²) >= 11 is 0. The molecule has 15 heavy (non-hydrogen) atoms. The number of unbranched alkanes of at least 4 members (excludes halogenated alkanes) is 1. The Hall–Kier alpha value is -0.120. The highest BCUT2D eigenvalue weighted by molar-refractivity contribution is 4.78. The summed E-state index contributed by atoms with van der Waals surface area (Å²) in [6, 6.07) is 0. The maximum atomic E-state index is 5.78. The Balaban J connectivity index is 1.95. The molecule has 1 saturated carbocycles. The van der Waals surface area contributed by atoms with Gasteiger partial charge >= 0.3 is 0 Å². The SMILES string of the molecule is CCCCOCCOC1CCCC1CN. The van der Waals surface area contributed by atoms with E-state index in [9.17, 15) is 0 Å². The molecular weight excluding hydrogens is 190 g/mol. The van der Waals surface area contributed by atoms with Gasteiger partial charge in [-0.05, 0) is 31.7 Å². The first-order chi connectivity index (χ1) is 7.38. The summed E-state index contributed by atoms with van der Waals surface area (Å²) < 4.78 is 11.2. The van der Waals surface area contributed by atoms with Crippen LogP contribution in [0, 0.1) is 5.92 Å². The molecule has 3 heteroatoms. The molecule has 1 fully saturated rings. The van der Waals surface area contributed by atoms with Gasteiger partial charge in [-0.1, -0.05) is 19.8 Å². The second kappa shape index (κ2) is 8.08. The predicted molar refractivity (Wildman–Crippen MR) is 61.9 cm³/mol. The van der Waals surface area contributed by atoms with Crippen molar-refractivity contribution in [2.45, 2.75) is 45.1 Å². The van der Waals surface area contributed by atoms with Crippen LogP contribution in [0.2, 0.25) is 0 Å². The van der Waals surface area contributed by atoms with Gasteiger partial charge in [-0.25, -0.2) is 0 Å². The van der Waals surface area contributed by atoms with E-state index in [0.717, 1.165) is 32.8 Å². The molecule has 0 aromatic carbocycles. The van der Waals surface area contributed by atoms with Crippen molar-refractivity contribution in [3.8, 4) is 0 Å². The molecule has 2 atom stereocenters. The fourth-order valence-corrected chi connectivity index (χ4v) is 2.10. The molecule has 0 aliphatic heterocycles. The van der Waals surface area contributed by atoms with Crippen LogP contribution in [0.5, 0.6) is 0 Å². The van der Waals surface area contributed by atoms with Gasteiger partial charge in [0.25, 0.3) is 0 Å². The Kier molecular flexibility index (Phi) is 6.98. The zero-order chi connectivity index (χ0) is 10.9. The Morgan fingerprint density at radius 2 is 2.07 bits per heavy atom. The monoisotopic (exact) mass is 215 g/mol. The highest BCUT2D eigenvalue weighted by Gasteiger charge is 2.26. The highest BCUT2D eigenvalue weighted by atomic mass is 16.5. The largest absolute Gasteiger partial charge is 0.379 e. The molecule has 0 aromatic rings. The van der Waals surface area contributed by atoms with E-state index in [4.69, 9.17) is 15.2 Å². The zero-order valence-corrected chi connectivity index (χ0v) is 9.91. The molecule has 3 nitrogen and oxygen atoms in total. The normalized spacial score (nSPS) is 26.0. The first-order valence-electron chi connectivity index (χ1n) is 6.28. The van der Waals surface area contributed by atoms with Crippen molar-refractivity contribution < 1.29 is 9.47 Å². The summed E-state index contributed by atoms with van der Waals surface area (Å²) in [6.07, 6.45) is 6.41. The predicted octanol–water partition coefficient (Wildman–Crippen LogP) is 1.95. The average molecular weight is 215 g/mol. The molecule has 90 valence electrons. The molecule has 0 spiro atoms. The Morgan fingerprint density at radius 3 is 2.80 bits per heavy atom. The molecule has 0 radical (unpaired) electrons. The van der Waals surface area contributed by atoms with Crippen molar-refractivity contribution in [1.29, 1.82) is 0 Å². The van der Waals surface area contributed by atoms with E-state index in [2.05, 4.69) is 6.92 Å². The number of rotatable bonds is 8. The molecule has 0 aromatic heterocycles. The number of nitrogens with two attached hydrogens (primary N) is 1. The fourth-order valence-electron chi connectivity index (χ4n) is 2.10. The van der Waals surface area contributed by atoms with Crippen LogP contribution in [0.1, 0.15) is 39.0 Å². The van der Waals surface area contributed by atoms with Crippen molar-refractivity contribution in [1.82, 2.24) is 0 Å². The second-order valence-electron chi connectivity index (χ2n) is 4.30. The topological polar surface area (TPSA) is 44.5 Å². The summed E-state index contributed by atoms with van der Waals surface area (Å²) in [4.78, 5) is 0. The average Bonchev–Trinajstić information content (AvgIpc) is 2.70. The van der Waals surface area contributed by atoms with Gasteiger partial charge in [-0.2, -0.15) is 0 Å². The van der Waals surface area contributed by atoms with Gasteiger partial charge in [0, 0.05) is 6.61 Å². The molecule has 0 amide bonds. The first kappa shape index (κ1) is 12.9. The van der Waals surface area contributed by atoms with Gasteiger partial charge in [0.1, 0.15) is 0 Å². The molecule has 2 unspecified atom stereocenters. The van der Waals surface area contributed by atoms with E-state index in [1.54, 1.807) is 0 Å². The van der Waals surface area contributed by atoms with Crippen LogP contribution in [0.4, 0.5) is 0 Å². The Labute approximate surface area is 93.3 Å². The van der Waals surface area contributed by atoms with Gasteiger partial charge < -0.3 is 15.2 Å². The molecule has 0 bridgehead atoms. The lowest BCUT2D eigenvalue weighted by atomic mass is 10.1. The van der Waals surface area contributed by atoms with Crippen LogP contribution in [0.3, 0.4) is 0 Å². The number of ether oxygens (including phenoxy) is 2. The molecule has 1 aliphatic rings. The number of hydrogen-bond donors (Lipinski definition) is 1. The fraction of sp³-hybridized carbons (Fsp3) is 1.00. The summed E-state index contributed by atoms with van der Waals surface area (Å²) in [7, 11) is 0. The summed E-state index contributed by atoms with van der Waals surface area (Å²) in [5, 5.41) is 0. The highest BCUT2D eigenvalue weighted by Crippen LogP contribution is 2.27. The third-order valence-corrected chi connectivity index (χ3v) is 3.09. The van der Waals surface area contributed by atoms with E-state index < -0.39 is 0 Å². The van der Waals surface area contributed by atoms with Crippen LogP contribution in [0.15, 0.2) is 0 Å². The lowest BCUT2D eigenvalue weighted by Gasteiger charge is -2.18. The van der Waals surface area contributed by atoms with Crippen LogP contribution >= 0.6 is 0 Å². The summed E-state index contributed by atoms with van der Waals surface area (Å²) in [5.74, 6) is 0.584. The van der Waals surface area contributed by atoms with Gasteiger partial charge in [0.05, 0.1) is 19.3 Å². The molecule has 0 heterocycles. The quantitative estimate of drug-likeness (QED) is 0.629. The lowest BCUT2D eigenvalue weighted by molar-refractivity contribution is -0.00985. The lowest BCUT2D eigenvalue weighted by Crippen LogP contribution is -2.26. The summed E-state index contributed by atoms with van der Waals surface area (Å²) in [5.41, 5.74) is 5.68. The van der Waals surface area contributed by atoms with Crippen molar-refractivity contribution >= 4 is 0 Å².